The average molecular weight is 207 g/mol. The molecule has 0 aliphatic rings. The van der Waals surface area contributed by atoms with E-state index in [1.54, 1.807) is 13.8 Å². The van der Waals surface area contributed by atoms with E-state index in [1.807, 2.05) is 6.07 Å². The standard InChI is InChI=1S/C9H9N3O3/c1-4-5(2)11-7(6(4)3-10)12-8(13)9(14)15/h11H,1-2H3,(H,12,13)(H,14,15). The van der Waals surface area contributed by atoms with Crippen LogP contribution in [0.4, 0.5) is 5.82 Å². The molecule has 3 N–H and O–H groups in total. The Hall–Kier alpha value is -2.29. The molecule has 78 valence electrons. The second kappa shape index (κ2) is 3.84. The van der Waals surface area contributed by atoms with Gasteiger partial charge in [0.25, 0.3) is 0 Å². The minimum atomic E-state index is -1.59. The normalized spacial score (nSPS) is 9.40. The molecule has 0 saturated carbocycles. The number of hydrogen-bond acceptors (Lipinski definition) is 3. The predicted octanol–water partition coefficient (Wildman–Crippen LogP) is 0.526. The molecule has 15 heavy (non-hydrogen) atoms. The Balaban J connectivity index is 3.07. The van der Waals surface area contributed by atoms with Crippen molar-refractivity contribution in [1.29, 1.82) is 5.26 Å². The number of anilines is 1. The molecule has 6 heteroatoms. The molecule has 0 aliphatic heterocycles. The molecule has 0 aliphatic carbocycles. The van der Waals surface area contributed by atoms with E-state index in [4.69, 9.17) is 10.4 Å². The zero-order chi connectivity index (χ0) is 11.6. The van der Waals surface area contributed by atoms with E-state index < -0.39 is 11.9 Å². The first-order valence-corrected chi connectivity index (χ1v) is 4.11. The van der Waals surface area contributed by atoms with Crippen LogP contribution < -0.4 is 5.32 Å². The number of rotatable bonds is 1. The van der Waals surface area contributed by atoms with Crippen LogP contribution in [-0.4, -0.2) is 22.0 Å². The molecule has 1 amide bonds. The second-order valence-corrected chi connectivity index (χ2v) is 3.00. The lowest BCUT2D eigenvalue weighted by molar-refractivity contribution is -0.147. The SMILES string of the molecule is Cc1[nH]c(NC(=O)C(=O)O)c(C#N)c1C. The number of carbonyl (C=O) groups excluding carboxylic acids is 1. The highest BCUT2D eigenvalue weighted by molar-refractivity contribution is 6.36. The molecular formula is C9H9N3O3. The van der Waals surface area contributed by atoms with Crippen LogP contribution in [0.1, 0.15) is 16.8 Å². The monoisotopic (exact) mass is 207 g/mol. The lowest BCUT2D eigenvalue weighted by Crippen LogP contribution is -2.22. The van der Waals surface area contributed by atoms with Crippen molar-refractivity contribution in [2.75, 3.05) is 5.32 Å². The van der Waals surface area contributed by atoms with Gasteiger partial charge in [0.1, 0.15) is 11.9 Å². The van der Waals surface area contributed by atoms with E-state index in [9.17, 15) is 9.59 Å². The van der Waals surface area contributed by atoms with Crippen molar-refractivity contribution in [1.82, 2.24) is 4.98 Å². The van der Waals surface area contributed by atoms with Gasteiger partial charge in [-0.3, -0.25) is 4.79 Å². The van der Waals surface area contributed by atoms with Gasteiger partial charge in [0.2, 0.25) is 0 Å². The first kappa shape index (κ1) is 10.8. The van der Waals surface area contributed by atoms with Crippen LogP contribution >= 0.6 is 0 Å². The third kappa shape index (κ3) is 1.96. The summed E-state index contributed by atoms with van der Waals surface area (Å²) in [6.45, 7) is 3.44. The summed E-state index contributed by atoms with van der Waals surface area (Å²) in [7, 11) is 0. The Morgan fingerprint density at radius 1 is 1.47 bits per heavy atom. The van der Waals surface area contributed by atoms with Gasteiger partial charge in [-0.15, -0.1) is 0 Å². The van der Waals surface area contributed by atoms with Crippen LogP contribution in [0.5, 0.6) is 0 Å². The Kier molecular flexibility index (Phi) is 2.76. The topological polar surface area (TPSA) is 106 Å². The molecule has 0 atom stereocenters. The molecule has 0 radical (unpaired) electrons. The maximum absolute atomic E-state index is 10.9. The summed E-state index contributed by atoms with van der Waals surface area (Å²) in [5.74, 6) is -2.64. The third-order valence-electron chi connectivity index (χ3n) is 2.04. The van der Waals surface area contributed by atoms with E-state index in [0.29, 0.717) is 11.3 Å². The van der Waals surface area contributed by atoms with Gasteiger partial charge >= 0.3 is 11.9 Å². The molecule has 0 unspecified atom stereocenters. The number of nitriles is 1. The fourth-order valence-corrected chi connectivity index (χ4v) is 1.12. The van der Waals surface area contributed by atoms with Crippen molar-refractivity contribution < 1.29 is 14.7 Å². The summed E-state index contributed by atoms with van der Waals surface area (Å²) >= 11 is 0. The number of carbonyl (C=O) groups is 2. The van der Waals surface area contributed by atoms with Crippen molar-refractivity contribution >= 4 is 17.7 Å². The molecular weight excluding hydrogens is 198 g/mol. The molecule has 0 aromatic carbocycles. The fraction of sp³-hybridized carbons (Fsp3) is 0.222. The van der Waals surface area contributed by atoms with E-state index in [2.05, 4.69) is 10.3 Å². The quantitative estimate of drug-likeness (QED) is 0.584. The van der Waals surface area contributed by atoms with Gasteiger partial charge in [-0.25, -0.2) is 4.79 Å². The molecule has 0 fully saturated rings. The van der Waals surface area contributed by atoms with Crippen molar-refractivity contribution in [3.63, 3.8) is 0 Å². The molecule has 1 aromatic rings. The molecule has 0 bridgehead atoms. The summed E-state index contributed by atoms with van der Waals surface area (Å²) in [6.07, 6.45) is 0. The minimum absolute atomic E-state index is 0.125. The fourth-order valence-electron chi connectivity index (χ4n) is 1.12. The van der Waals surface area contributed by atoms with Crippen molar-refractivity contribution in [3.8, 4) is 6.07 Å². The number of H-pyrrole nitrogens is 1. The zero-order valence-corrected chi connectivity index (χ0v) is 8.21. The number of aliphatic carboxylic acids is 1. The largest absolute Gasteiger partial charge is 0.474 e. The Morgan fingerprint density at radius 2 is 2.07 bits per heavy atom. The zero-order valence-electron chi connectivity index (χ0n) is 8.21. The number of nitrogens with one attached hydrogen (secondary N) is 2. The van der Waals surface area contributed by atoms with Crippen LogP contribution in [0.25, 0.3) is 0 Å². The summed E-state index contributed by atoms with van der Waals surface area (Å²) in [6, 6.07) is 1.89. The van der Waals surface area contributed by atoms with Crippen molar-refractivity contribution in [2.24, 2.45) is 0 Å². The number of carboxylic acids is 1. The van der Waals surface area contributed by atoms with Crippen LogP contribution in [0.15, 0.2) is 0 Å². The van der Waals surface area contributed by atoms with Crippen LogP contribution in [-0.2, 0) is 9.59 Å². The first-order chi connectivity index (χ1) is 6.97. The predicted molar refractivity (Wildman–Crippen MR) is 51.2 cm³/mol. The van der Waals surface area contributed by atoms with Gasteiger partial charge in [-0.1, -0.05) is 0 Å². The second-order valence-electron chi connectivity index (χ2n) is 3.00. The first-order valence-electron chi connectivity index (χ1n) is 4.11. The van der Waals surface area contributed by atoms with Gasteiger partial charge in [-0.05, 0) is 19.4 Å². The third-order valence-corrected chi connectivity index (χ3v) is 2.04. The Morgan fingerprint density at radius 3 is 2.53 bits per heavy atom. The Bertz CT molecular complexity index is 468. The summed E-state index contributed by atoms with van der Waals surface area (Å²) in [5, 5.41) is 19.3. The highest BCUT2D eigenvalue weighted by Gasteiger charge is 2.17. The number of aromatic nitrogens is 1. The molecule has 0 spiro atoms. The minimum Gasteiger partial charge on any atom is -0.474 e. The van der Waals surface area contributed by atoms with E-state index in [0.717, 1.165) is 0 Å². The molecule has 1 rings (SSSR count). The smallest absolute Gasteiger partial charge is 0.394 e. The lowest BCUT2D eigenvalue weighted by Gasteiger charge is -1.98. The molecule has 6 nitrogen and oxygen atoms in total. The van der Waals surface area contributed by atoms with Crippen LogP contribution in [0, 0.1) is 25.2 Å². The number of nitrogens with zero attached hydrogens (tertiary/aromatic N) is 1. The number of hydrogen-bond donors (Lipinski definition) is 3. The van der Waals surface area contributed by atoms with Gasteiger partial charge in [0, 0.05) is 5.69 Å². The number of aromatic amines is 1. The number of carboxylic acid groups (broad SMARTS) is 1. The van der Waals surface area contributed by atoms with Crippen molar-refractivity contribution in [2.45, 2.75) is 13.8 Å². The van der Waals surface area contributed by atoms with Crippen LogP contribution in [0.2, 0.25) is 0 Å². The highest BCUT2D eigenvalue weighted by Crippen LogP contribution is 2.20. The van der Waals surface area contributed by atoms with Crippen LogP contribution in [0.3, 0.4) is 0 Å². The van der Waals surface area contributed by atoms with Gasteiger partial charge < -0.3 is 15.4 Å². The summed E-state index contributed by atoms with van der Waals surface area (Å²) < 4.78 is 0. The average Bonchev–Trinajstić information content (AvgIpc) is 2.42. The molecule has 1 heterocycles. The maximum atomic E-state index is 10.9. The van der Waals surface area contributed by atoms with E-state index in [1.165, 1.54) is 0 Å². The molecule has 1 aromatic heterocycles. The maximum Gasteiger partial charge on any atom is 0.394 e. The van der Waals surface area contributed by atoms with Gasteiger partial charge in [0.05, 0.1) is 5.56 Å². The number of aryl methyl sites for hydroxylation is 1. The van der Waals surface area contributed by atoms with Crippen molar-refractivity contribution in [3.05, 3.63) is 16.8 Å². The summed E-state index contributed by atoms with van der Waals surface area (Å²) in [5.41, 5.74) is 1.66. The van der Waals surface area contributed by atoms with Gasteiger partial charge in [-0.2, -0.15) is 5.26 Å². The Labute approximate surface area is 85.5 Å². The summed E-state index contributed by atoms with van der Waals surface area (Å²) in [4.78, 5) is 23.9. The number of amides is 1. The highest BCUT2D eigenvalue weighted by atomic mass is 16.4. The lowest BCUT2D eigenvalue weighted by atomic mass is 10.2. The van der Waals surface area contributed by atoms with E-state index in [-0.39, 0.29) is 11.4 Å². The molecule has 0 saturated heterocycles. The van der Waals surface area contributed by atoms with Gasteiger partial charge in [0.15, 0.2) is 0 Å². The van der Waals surface area contributed by atoms with E-state index >= 15 is 0 Å².